The number of alkyl halides is 3. The number of carbonyl (C=O) groups excluding carboxylic acids is 1. The molecule has 2 saturated heterocycles. The van der Waals surface area contributed by atoms with Gasteiger partial charge in [0.25, 0.3) is 5.91 Å². The van der Waals surface area contributed by atoms with E-state index >= 15 is 0 Å². The average molecular weight is 435 g/mol. The molecule has 2 aliphatic heterocycles. The fraction of sp³-hybridized carbons (Fsp3) is 0.556. The molecule has 0 unspecified atom stereocenters. The quantitative estimate of drug-likeness (QED) is 0.722. The van der Waals surface area contributed by atoms with E-state index < -0.39 is 27.6 Å². The molecule has 3 rings (SSSR count). The molecule has 0 saturated carbocycles. The first-order valence-electron chi connectivity index (χ1n) is 9.01. The first-order chi connectivity index (χ1) is 13.1. The number of benzene rings is 1. The van der Waals surface area contributed by atoms with Crippen LogP contribution in [0.3, 0.4) is 0 Å². The molecule has 5 nitrogen and oxygen atoms in total. The fourth-order valence-corrected chi connectivity index (χ4v) is 7.44. The van der Waals surface area contributed by atoms with Crippen molar-refractivity contribution in [1.29, 1.82) is 0 Å². The summed E-state index contributed by atoms with van der Waals surface area (Å²) in [4.78, 5) is 18.2. The number of rotatable bonds is 4. The van der Waals surface area contributed by atoms with Gasteiger partial charge in [0.1, 0.15) is 0 Å². The van der Waals surface area contributed by atoms with Crippen LogP contribution >= 0.6 is 11.8 Å². The smallest absolute Gasteiger partial charge is 0.316 e. The molecular weight excluding hydrogens is 413 g/mol. The molecule has 1 aromatic rings. The molecule has 2 heterocycles. The van der Waals surface area contributed by atoms with Gasteiger partial charge in [-0.05, 0) is 31.0 Å². The molecule has 2 aliphatic rings. The highest BCUT2D eigenvalue weighted by Crippen LogP contribution is 2.42. The van der Waals surface area contributed by atoms with Crippen molar-refractivity contribution in [3.63, 3.8) is 0 Å². The number of nitrogens with zero attached hydrogens (tertiary/aromatic N) is 2. The van der Waals surface area contributed by atoms with Crippen LogP contribution in [0.5, 0.6) is 0 Å². The second kappa shape index (κ2) is 7.70. The number of amides is 1. The van der Waals surface area contributed by atoms with Gasteiger partial charge in [0.05, 0.1) is 23.1 Å². The van der Waals surface area contributed by atoms with Crippen LogP contribution in [0, 0.1) is 5.92 Å². The van der Waals surface area contributed by atoms with Crippen molar-refractivity contribution in [2.75, 3.05) is 16.4 Å². The third kappa shape index (κ3) is 4.22. The number of fused-ring (bicyclic) bond motifs is 1. The topological polar surface area (TPSA) is 66.8 Å². The minimum Gasteiger partial charge on any atom is -0.316 e. The molecule has 0 N–H and O–H groups in total. The highest BCUT2D eigenvalue weighted by Gasteiger charge is 2.49. The number of hydrogen-bond acceptors (Lipinski definition) is 4. The molecule has 1 amide bonds. The Morgan fingerprint density at radius 1 is 1.29 bits per heavy atom. The van der Waals surface area contributed by atoms with Crippen molar-refractivity contribution in [2.24, 2.45) is 10.9 Å². The lowest BCUT2D eigenvalue weighted by Crippen LogP contribution is -2.38. The average Bonchev–Trinajstić information content (AvgIpc) is 3.06. The third-order valence-electron chi connectivity index (χ3n) is 5.06. The van der Waals surface area contributed by atoms with Gasteiger partial charge in [-0.1, -0.05) is 31.7 Å². The van der Waals surface area contributed by atoms with Gasteiger partial charge in [0.2, 0.25) is 0 Å². The highest BCUT2D eigenvalue weighted by atomic mass is 32.2. The van der Waals surface area contributed by atoms with Gasteiger partial charge in [-0.15, -0.1) is 0 Å². The molecule has 0 aromatic heterocycles. The van der Waals surface area contributed by atoms with E-state index in [0.717, 1.165) is 23.9 Å². The van der Waals surface area contributed by atoms with Crippen LogP contribution in [-0.2, 0) is 20.8 Å². The number of thioether (sulfide) groups is 1. The Balaban J connectivity index is 2.03. The molecule has 154 valence electrons. The van der Waals surface area contributed by atoms with Gasteiger partial charge in [0.15, 0.2) is 15.0 Å². The summed E-state index contributed by atoms with van der Waals surface area (Å²) < 4.78 is 63.5. The summed E-state index contributed by atoms with van der Waals surface area (Å²) in [5.41, 5.74) is -0.631. The predicted octanol–water partition coefficient (Wildman–Crippen LogP) is 3.74. The Bertz CT molecular complexity index is 896. The van der Waals surface area contributed by atoms with Crippen LogP contribution in [-0.4, -0.2) is 42.3 Å². The molecule has 28 heavy (non-hydrogen) atoms. The molecule has 0 bridgehead atoms. The minimum absolute atomic E-state index is 0.0734. The first-order valence-corrected chi connectivity index (χ1v) is 11.7. The third-order valence-corrected chi connectivity index (χ3v) is 8.27. The second-order valence-corrected chi connectivity index (χ2v) is 10.3. The van der Waals surface area contributed by atoms with Crippen LogP contribution in [0.25, 0.3) is 0 Å². The minimum atomic E-state index is -4.52. The number of sulfone groups is 1. The summed E-state index contributed by atoms with van der Waals surface area (Å²) in [5.74, 6) is -0.831. The van der Waals surface area contributed by atoms with Gasteiger partial charge in [-0.2, -0.15) is 18.2 Å². The summed E-state index contributed by atoms with van der Waals surface area (Å²) >= 11 is 1.16. The molecule has 0 radical (unpaired) electrons. The number of halogens is 3. The van der Waals surface area contributed by atoms with Crippen molar-refractivity contribution in [1.82, 2.24) is 0 Å². The number of aliphatic imine (C=N–C) groups is 1. The summed E-state index contributed by atoms with van der Waals surface area (Å²) in [6, 6.07) is 4.17. The lowest BCUT2D eigenvalue weighted by molar-refractivity contribution is -0.137. The molecular formula is C18H21F3N2O3S2. The number of carbonyl (C=O) groups is 1. The summed E-state index contributed by atoms with van der Waals surface area (Å²) in [5, 5.41) is -0.0751. The van der Waals surface area contributed by atoms with E-state index in [4.69, 9.17) is 0 Å². The molecule has 0 aliphatic carbocycles. The monoisotopic (exact) mass is 434 g/mol. The van der Waals surface area contributed by atoms with Crippen molar-refractivity contribution < 1.29 is 26.4 Å². The number of hydrogen-bond donors (Lipinski definition) is 0. The number of anilines is 1. The largest absolute Gasteiger partial charge is 0.416 e. The Labute approximate surface area is 166 Å². The maximum atomic E-state index is 13.1. The van der Waals surface area contributed by atoms with E-state index in [0.29, 0.717) is 12.8 Å². The van der Waals surface area contributed by atoms with Gasteiger partial charge in [0, 0.05) is 16.9 Å². The van der Waals surface area contributed by atoms with E-state index in [1.165, 1.54) is 17.0 Å². The molecule has 1 aromatic carbocycles. The lowest BCUT2D eigenvalue weighted by Gasteiger charge is -2.25. The highest BCUT2D eigenvalue weighted by molar-refractivity contribution is 8.16. The maximum Gasteiger partial charge on any atom is 0.416 e. The van der Waals surface area contributed by atoms with Gasteiger partial charge >= 0.3 is 6.18 Å². The lowest BCUT2D eigenvalue weighted by atomic mass is 10.0. The van der Waals surface area contributed by atoms with Crippen LogP contribution in [0.2, 0.25) is 0 Å². The molecule has 10 heteroatoms. The van der Waals surface area contributed by atoms with Crippen molar-refractivity contribution >= 4 is 38.4 Å². The molecule has 2 fully saturated rings. The van der Waals surface area contributed by atoms with E-state index in [1.54, 1.807) is 0 Å². The zero-order valence-electron chi connectivity index (χ0n) is 15.4. The SMILES string of the molecule is CCC(CC)C(=O)N=C1S[C@H]2CS(=O)(=O)C[C@@H]2N1c1cccc(C(F)(F)F)c1. The summed E-state index contributed by atoms with van der Waals surface area (Å²) in [7, 11) is -3.29. The van der Waals surface area contributed by atoms with Gasteiger partial charge < -0.3 is 4.90 Å². The van der Waals surface area contributed by atoms with Crippen LogP contribution in [0.15, 0.2) is 29.3 Å². The zero-order valence-corrected chi connectivity index (χ0v) is 17.1. The Hall–Kier alpha value is -1.55. The summed E-state index contributed by atoms with van der Waals surface area (Å²) in [6.07, 6.45) is -3.30. The van der Waals surface area contributed by atoms with Crippen molar-refractivity contribution in [2.45, 2.75) is 44.2 Å². The van der Waals surface area contributed by atoms with Crippen LogP contribution < -0.4 is 4.90 Å². The zero-order chi connectivity index (χ0) is 20.7. The van der Waals surface area contributed by atoms with Crippen molar-refractivity contribution in [3.05, 3.63) is 29.8 Å². The Morgan fingerprint density at radius 2 is 1.96 bits per heavy atom. The van der Waals surface area contributed by atoms with Gasteiger partial charge in [-0.3, -0.25) is 4.79 Å². The number of amidine groups is 1. The van der Waals surface area contributed by atoms with Crippen LogP contribution in [0.1, 0.15) is 32.3 Å². The van der Waals surface area contributed by atoms with Gasteiger partial charge in [-0.25, -0.2) is 8.42 Å². The van der Waals surface area contributed by atoms with Crippen LogP contribution in [0.4, 0.5) is 18.9 Å². The molecule has 2 atom stereocenters. The van der Waals surface area contributed by atoms with E-state index in [2.05, 4.69) is 4.99 Å². The molecule has 0 spiro atoms. The summed E-state index contributed by atoms with van der Waals surface area (Å²) in [6.45, 7) is 3.75. The second-order valence-electron chi connectivity index (χ2n) is 6.96. The maximum absolute atomic E-state index is 13.1. The van der Waals surface area contributed by atoms with Crippen molar-refractivity contribution in [3.8, 4) is 0 Å². The standard InChI is InChI=1S/C18H21F3N2O3S2/c1-3-11(4-2)16(24)22-17-23(14-9-28(25,26)10-15(14)27-17)13-7-5-6-12(8-13)18(19,20)21/h5-8,11,14-15H,3-4,9-10H2,1-2H3/t14-,15-/m0/s1. The van der Waals surface area contributed by atoms with E-state index in [1.807, 2.05) is 13.8 Å². The van der Waals surface area contributed by atoms with E-state index in [-0.39, 0.29) is 39.4 Å². The predicted molar refractivity (Wildman–Crippen MR) is 104 cm³/mol. The normalized spacial score (nSPS) is 25.5. The Kier molecular flexibility index (Phi) is 5.82. The van der Waals surface area contributed by atoms with E-state index in [9.17, 15) is 26.4 Å². The fourth-order valence-electron chi connectivity index (χ4n) is 3.52. The Morgan fingerprint density at radius 3 is 2.57 bits per heavy atom. The first kappa shape index (κ1) is 21.2.